The summed E-state index contributed by atoms with van der Waals surface area (Å²) < 4.78 is 49.6. The van der Waals surface area contributed by atoms with Gasteiger partial charge in [-0.15, -0.1) is 0 Å². The topological polar surface area (TPSA) is 131 Å². The van der Waals surface area contributed by atoms with Crippen LogP contribution in [0.25, 0.3) is 22.2 Å². The number of pyridine rings is 1. The van der Waals surface area contributed by atoms with Crippen molar-refractivity contribution in [2.24, 2.45) is 7.05 Å². The third kappa shape index (κ3) is 4.69. The van der Waals surface area contributed by atoms with Crippen LogP contribution in [0.4, 0.5) is 11.5 Å². The van der Waals surface area contributed by atoms with Crippen molar-refractivity contribution >= 4 is 42.5 Å². The van der Waals surface area contributed by atoms with E-state index in [1.165, 1.54) is 23.0 Å². The monoisotopic (exact) mass is 465 g/mol. The Balaban J connectivity index is 2.16. The van der Waals surface area contributed by atoms with Gasteiger partial charge in [-0.05, 0) is 32.0 Å². The zero-order chi connectivity index (χ0) is 23.1. The van der Waals surface area contributed by atoms with E-state index in [0.29, 0.717) is 31.7 Å². The van der Waals surface area contributed by atoms with Crippen LogP contribution in [0.1, 0.15) is 13.8 Å². The molecule has 10 nitrogen and oxygen atoms in total. The number of benzene rings is 1. The van der Waals surface area contributed by atoms with E-state index in [9.17, 15) is 21.6 Å². The molecule has 1 aromatic carbocycles. The molecule has 31 heavy (non-hydrogen) atoms. The normalized spacial score (nSPS) is 12.3. The van der Waals surface area contributed by atoms with Crippen LogP contribution in [-0.4, -0.2) is 49.9 Å². The molecule has 0 unspecified atom stereocenters. The number of aromatic nitrogens is 3. The largest absolute Gasteiger partial charge is 0.367 e. The van der Waals surface area contributed by atoms with Crippen LogP contribution in [0.5, 0.6) is 0 Å². The van der Waals surface area contributed by atoms with Crippen LogP contribution in [0, 0.1) is 0 Å². The second kappa shape index (κ2) is 7.93. The lowest BCUT2D eigenvalue weighted by molar-refractivity contribution is 0.590. The standard InChI is InChI=1S/C19H23N5O5S2/c1-12(2)21-18-17-16(20-11-23(3)19(17)25)10-15(22-18)13-6-8-14(9-7-13)24(30(4,26)27)31(5,28)29/h6-12H,1-5H3,(H,21,22). The van der Waals surface area contributed by atoms with Gasteiger partial charge in [0.15, 0.2) is 0 Å². The maximum absolute atomic E-state index is 12.6. The summed E-state index contributed by atoms with van der Waals surface area (Å²) in [6.45, 7) is 3.83. The molecule has 3 rings (SSSR count). The highest BCUT2D eigenvalue weighted by molar-refractivity contribution is 8.09. The van der Waals surface area contributed by atoms with Crippen molar-refractivity contribution in [1.82, 2.24) is 14.5 Å². The maximum Gasteiger partial charge on any atom is 0.264 e. The molecule has 0 atom stereocenters. The van der Waals surface area contributed by atoms with Crippen LogP contribution in [0.3, 0.4) is 0 Å². The Morgan fingerprint density at radius 3 is 2.13 bits per heavy atom. The number of aryl methyl sites for hydroxylation is 1. The lowest BCUT2D eigenvalue weighted by Gasteiger charge is -2.20. The van der Waals surface area contributed by atoms with Crippen LogP contribution < -0.4 is 14.6 Å². The molecule has 0 amide bonds. The van der Waals surface area contributed by atoms with Crippen molar-refractivity contribution in [3.63, 3.8) is 0 Å². The first-order valence-electron chi connectivity index (χ1n) is 9.23. The van der Waals surface area contributed by atoms with Gasteiger partial charge in [-0.2, -0.15) is 3.71 Å². The minimum atomic E-state index is -4.04. The molecule has 166 valence electrons. The van der Waals surface area contributed by atoms with E-state index in [1.54, 1.807) is 25.2 Å². The maximum atomic E-state index is 12.6. The van der Waals surface area contributed by atoms with Crippen molar-refractivity contribution in [1.29, 1.82) is 0 Å². The fraction of sp³-hybridized carbons (Fsp3) is 0.316. The highest BCUT2D eigenvalue weighted by atomic mass is 32.3. The van der Waals surface area contributed by atoms with Crippen LogP contribution in [0.2, 0.25) is 0 Å². The van der Waals surface area contributed by atoms with Crippen molar-refractivity contribution in [3.8, 4) is 11.3 Å². The number of sulfonamides is 2. The lowest BCUT2D eigenvalue weighted by atomic mass is 10.1. The van der Waals surface area contributed by atoms with Crippen molar-refractivity contribution in [2.75, 3.05) is 21.5 Å². The Bertz CT molecular complexity index is 1380. The highest BCUT2D eigenvalue weighted by Crippen LogP contribution is 2.28. The van der Waals surface area contributed by atoms with Gasteiger partial charge in [-0.25, -0.2) is 26.8 Å². The Kier molecular flexibility index (Phi) is 5.80. The molecule has 0 fully saturated rings. The smallest absolute Gasteiger partial charge is 0.264 e. The quantitative estimate of drug-likeness (QED) is 0.580. The number of hydrogen-bond acceptors (Lipinski definition) is 8. The SMILES string of the molecule is CC(C)Nc1nc(-c2ccc(N(S(C)(=O)=O)S(C)(=O)=O)cc2)cc2ncn(C)c(=O)c12. The Hall–Kier alpha value is -2.99. The average molecular weight is 466 g/mol. The van der Waals surface area contributed by atoms with Gasteiger partial charge in [0.1, 0.15) is 11.2 Å². The van der Waals surface area contributed by atoms with E-state index in [2.05, 4.69) is 15.3 Å². The Labute approximate surface area is 180 Å². The van der Waals surface area contributed by atoms with E-state index in [4.69, 9.17) is 0 Å². The molecule has 0 saturated heterocycles. The second-order valence-electron chi connectivity index (χ2n) is 7.48. The van der Waals surface area contributed by atoms with E-state index in [1.807, 2.05) is 13.8 Å². The van der Waals surface area contributed by atoms with Crippen LogP contribution in [0.15, 0.2) is 41.5 Å². The first-order chi connectivity index (χ1) is 14.3. The molecule has 1 N–H and O–H groups in total. The number of nitrogens with one attached hydrogen (secondary N) is 1. The Morgan fingerprint density at radius 2 is 1.61 bits per heavy atom. The molecule has 0 aliphatic carbocycles. The fourth-order valence-electron chi connectivity index (χ4n) is 3.13. The van der Waals surface area contributed by atoms with Crippen molar-refractivity contribution < 1.29 is 16.8 Å². The van der Waals surface area contributed by atoms with Crippen LogP contribution >= 0.6 is 0 Å². The summed E-state index contributed by atoms with van der Waals surface area (Å²) in [5, 5.41) is 3.52. The molecule has 0 saturated carbocycles. The summed E-state index contributed by atoms with van der Waals surface area (Å²) in [6, 6.07) is 7.56. The summed E-state index contributed by atoms with van der Waals surface area (Å²) in [5.74, 6) is 0.383. The summed E-state index contributed by atoms with van der Waals surface area (Å²) in [5.41, 5.74) is 1.30. The average Bonchev–Trinajstić information content (AvgIpc) is 2.62. The summed E-state index contributed by atoms with van der Waals surface area (Å²) in [4.78, 5) is 21.5. The predicted octanol–water partition coefficient (Wildman–Crippen LogP) is 1.54. The summed E-state index contributed by atoms with van der Waals surface area (Å²) >= 11 is 0. The fourth-order valence-corrected chi connectivity index (χ4v) is 6.11. The number of rotatable bonds is 6. The zero-order valence-corrected chi connectivity index (χ0v) is 19.3. The molecule has 0 aliphatic rings. The lowest BCUT2D eigenvalue weighted by Crippen LogP contribution is -2.35. The molecular formula is C19H23N5O5S2. The minimum absolute atomic E-state index is 0.0105. The molecule has 0 aliphatic heterocycles. The molecule has 2 heterocycles. The number of nitrogens with zero attached hydrogens (tertiary/aromatic N) is 4. The van der Waals surface area contributed by atoms with Crippen molar-refractivity contribution in [3.05, 3.63) is 47.0 Å². The van der Waals surface area contributed by atoms with E-state index in [-0.39, 0.29) is 17.3 Å². The minimum Gasteiger partial charge on any atom is -0.367 e. The first kappa shape index (κ1) is 22.7. The zero-order valence-electron chi connectivity index (χ0n) is 17.7. The summed E-state index contributed by atoms with van der Waals surface area (Å²) in [7, 11) is -6.47. The van der Waals surface area contributed by atoms with Gasteiger partial charge < -0.3 is 9.88 Å². The molecule has 3 aromatic rings. The Morgan fingerprint density at radius 1 is 1.03 bits per heavy atom. The van der Waals surface area contributed by atoms with Gasteiger partial charge >= 0.3 is 0 Å². The number of hydrogen-bond donors (Lipinski definition) is 1. The van der Waals surface area contributed by atoms with Crippen LogP contribution in [-0.2, 0) is 27.1 Å². The molecule has 0 bridgehead atoms. The summed E-state index contributed by atoms with van der Waals surface area (Å²) in [6.07, 6.45) is 3.07. The van der Waals surface area contributed by atoms with Crippen molar-refractivity contribution in [2.45, 2.75) is 19.9 Å². The van der Waals surface area contributed by atoms with Gasteiger partial charge in [0.2, 0.25) is 20.0 Å². The van der Waals surface area contributed by atoms with Gasteiger partial charge in [-0.3, -0.25) is 4.79 Å². The predicted molar refractivity (Wildman–Crippen MR) is 121 cm³/mol. The molecule has 12 heteroatoms. The van der Waals surface area contributed by atoms with E-state index in [0.717, 1.165) is 12.5 Å². The van der Waals surface area contributed by atoms with Gasteiger partial charge in [0, 0.05) is 18.7 Å². The molecule has 0 radical (unpaired) electrons. The van der Waals surface area contributed by atoms with Gasteiger partial charge in [0.05, 0.1) is 35.7 Å². The number of fused-ring (bicyclic) bond motifs is 1. The third-order valence-electron chi connectivity index (χ3n) is 4.30. The van der Waals surface area contributed by atoms with Gasteiger partial charge in [-0.1, -0.05) is 12.1 Å². The molecular weight excluding hydrogens is 442 g/mol. The third-order valence-corrected chi connectivity index (χ3v) is 7.56. The van der Waals surface area contributed by atoms with E-state index >= 15 is 0 Å². The second-order valence-corrected chi connectivity index (χ2v) is 11.4. The van der Waals surface area contributed by atoms with Gasteiger partial charge in [0.25, 0.3) is 5.56 Å². The first-order valence-corrected chi connectivity index (χ1v) is 12.9. The van der Waals surface area contributed by atoms with E-state index < -0.39 is 20.0 Å². The molecule has 0 spiro atoms. The molecule has 2 aromatic heterocycles. The number of anilines is 2. The highest BCUT2D eigenvalue weighted by Gasteiger charge is 2.27.